The van der Waals surface area contributed by atoms with Crippen LogP contribution < -0.4 is 15.7 Å². The van der Waals surface area contributed by atoms with Gasteiger partial charge in [0.2, 0.25) is 0 Å². The van der Waals surface area contributed by atoms with Gasteiger partial charge in [-0.1, -0.05) is 11.6 Å². The first-order chi connectivity index (χ1) is 11.3. The molecule has 3 rings (SSSR count). The molecule has 1 aromatic heterocycles. The molecule has 0 saturated carbocycles. The van der Waals surface area contributed by atoms with Gasteiger partial charge in [0.05, 0.1) is 11.0 Å². The maximum Gasteiger partial charge on any atom is 0.323 e. The molecule has 0 spiro atoms. The summed E-state index contributed by atoms with van der Waals surface area (Å²) in [5.41, 5.74) is 0.480. The van der Waals surface area contributed by atoms with Gasteiger partial charge in [-0.15, -0.1) is 0 Å². The molecule has 0 fully saturated rings. The summed E-state index contributed by atoms with van der Waals surface area (Å²) in [5, 5.41) is 3.39. The Balaban J connectivity index is 1.76. The zero-order valence-electron chi connectivity index (χ0n) is 13.1. The van der Waals surface area contributed by atoms with Gasteiger partial charge in [0.25, 0.3) is 5.91 Å². The number of rotatable bonds is 4. The first-order valence-corrected chi connectivity index (χ1v) is 7.69. The first kappa shape index (κ1) is 16.1. The minimum Gasteiger partial charge on any atom is -0.478 e. The lowest BCUT2D eigenvalue weighted by Gasteiger charge is -2.25. The van der Waals surface area contributed by atoms with E-state index in [1.54, 1.807) is 56.3 Å². The summed E-state index contributed by atoms with van der Waals surface area (Å²) in [6, 6.07) is 11.9. The van der Waals surface area contributed by atoms with Gasteiger partial charge in [0, 0.05) is 10.7 Å². The molecule has 3 N–H and O–H groups in total. The van der Waals surface area contributed by atoms with Crippen molar-refractivity contribution in [3.8, 4) is 5.75 Å². The maximum absolute atomic E-state index is 12.5. The Morgan fingerprint density at radius 2 is 1.75 bits per heavy atom. The molecule has 0 saturated heterocycles. The number of anilines is 1. The Morgan fingerprint density at radius 3 is 2.46 bits per heavy atom. The Kier molecular flexibility index (Phi) is 4.07. The summed E-state index contributed by atoms with van der Waals surface area (Å²) in [6.45, 7) is 3.35. The predicted molar refractivity (Wildman–Crippen MR) is 93.7 cm³/mol. The number of hydrogen-bond donors (Lipinski definition) is 3. The lowest BCUT2D eigenvalue weighted by Crippen LogP contribution is -2.42. The molecule has 24 heavy (non-hydrogen) atoms. The van der Waals surface area contributed by atoms with Crippen molar-refractivity contribution in [3.05, 3.63) is 58.0 Å². The number of H-pyrrole nitrogens is 2. The summed E-state index contributed by atoms with van der Waals surface area (Å²) in [4.78, 5) is 29.1. The number of benzene rings is 2. The second-order valence-corrected chi connectivity index (χ2v) is 6.30. The number of imidazole rings is 1. The SMILES string of the molecule is CC(C)(Oc1ccc(Cl)cc1)C(=O)Nc1ccc2[nH]c(=O)[nH]c2c1. The van der Waals surface area contributed by atoms with Gasteiger partial charge in [-0.2, -0.15) is 0 Å². The second-order valence-electron chi connectivity index (χ2n) is 5.86. The summed E-state index contributed by atoms with van der Waals surface area (Å²) < 4.78 is 5.75. The summed E-state index contributed by atoms with van der Waals surface area (Å²) in [7, 11) is 0. The van der Waals surface area contributed by atoms with Crippen LogP contribution in [0.25, 0.3) is 11.0 Å². The fourth-order valence-electron chi connectivity index (χ4n) is 2.24. The summed E-state index contributed by atoms with van der Waals surface area (Å²) in [5.74, 6) is 0.236. The zero-order chi connectivity index (χ0) is 17.3. The lowest BCUT2D eigenvalue weighted by atomic mass is 10.1. The quantitative estimate of drug-likeness (QED) is 0.678. The van der Waals surface area contributed by atoms with E-state index in [1.807, 2.05) is 0 Å². The number of aromatic nitrogens is 2. The molecule has 6 nitrogen and oxygen atoms in total. The van der Waals surface area contributed by atoms with Gasteiger partial charge in [-0.3, -0.25) is 4.79 Å². The minimum atomic E-state index is -1.09. The van der Waals surface area contributed by atoms with Crippen LogP contribution in [0.3, 0.4) is 0 Å². The molecule has 0 radical (unpaired) electrons. The molecule has 3 aromatic rings. The van der Waals surface area contributed by atoms with Gasteiger partial charge in [0.1, 0.15) is 5.75 Å². The number of nitrogens with one attached hydrogen (secondary N) is 3. The highest BCUT2D eigenvalue weighted by Crippen LogP contribution is 2.23. The number of fused-ring (bicyclic) bond motifs is 1. The number of carbonyl (C=O) groups is 1. The van der Waals surface area contributed by atoms with Crippen LogP contribution in [0.15, 0.2) is 47.3 Å². The van der Waals surface area contributed by atoms with Crippen LogP contribution >= 0.6 is 11.6 Å². The van der Waals surface area contributed by atoms with Crippen molar-refractivity contribution in [2.24, 2.45) is 0 Å². The fourth-order valence-corrected chi connectivity index (χ4v) is 2.36. The molecule has 1 heterocycles. The second kappa shape index (κ2) is 6.05. The Hall–Kier alpha value is -2.73. The maximum atomic E-state index is 12.5. The van der Waals surface area contributed by atoms with Crippen LogP contribution in [-0.2, 0) is 4.79 Å². The van der Waals surface area contributed by atoms with E-state index in [4.69, 9.17) is 16.3 Å². The number of amides is 1. The van der Waals surface area contributed by atoms with E-state index < -0.39 is 5.60 Å². The van der Waals surface area contributed by atoms with Crippen molar-refractivity contribution in [1.82, 2.24) is 9.97 Å². The number of hydrogen-bond acceptors (Lipinski definition) is 3. The molecular formula is C17H16ClN3O3. The smallest absolute Gasteiger partial charge is 0.323 e. The van der Waals surface area contributed by atoms with Gasteiger partial charge in [-0.25, -0.2) is 4.79 Å². The van der Waals surface area contributed by atoms with E-state index in [9.17, 15) is 9.59 Å². The van der Waals surface area contributed by atoms with Crippen molar-refractivity contribution in [2.45, 2.75) is 19.4 Å². The van der Waals surface area contributed by atoms with E-state index in [0.717, 1.165) is 0 Å². The van der Waals surface area contributed by atoms with Crippen molar-refractivity contribution in [2.75, 3.05) is 5.32 Å². The van der Waals surface area contributed by atoms with Crippen molar-refractivity contribution in [3.63, 3.8) is 0 Å². The predicted octanol–water partition coefficient (Wildman–Crippen LogP) is 3.31. The van der Waals surface area contributed by atoms with E-state index in [1.165, 1.54) is 0 Å². The summed E-state index contributed by atoms with van der Waals surface area (Å²) in [6.07, 6.45) is 0. The van der Waals surface area contributed by atoms with Crippen LogP contribution in [-0.4, -0.2) is 21.5 Å². The highest BCUT2D eigenvalue weighted by molar-refractivity contribution is 6.30. The molecule has 0 aliphatic heterocycles. The first-order valence-electron chi connectivity index (χ1n) is 7.31. The van der Waals surface area contributed by atoms with Gasteiger partial charge < -0.3 is 20.0 Å². The van der Waals surface area contributed by atoms with Crippen molar-refractivity contribution in [1.29, 1.82) is 0 Å². The lowest BCUT2D eigenvalue weighted by molar-refractivity contribution is -0.128. The summed E-state index contributed by atoms with van der Waals surface area (Å²) >= 11 is 5.84. The topological polar surface area (TPSA) is 87.0 Å². The van der Waals surface area contributed by atoms with Crippen LogP contribution in [0.2, 0.25) is 5.02 Å². The van der Waals surface area contributed by atoms with E-state index >= 15 is 0 Å². The fraction of sp³-hybridized carbons (Fsp3) is 0.176. The van der Waals surface area contributed by atoms with Crippen LogP contribution in [0.4, 0.5) is 5.69 Å². The van der Waals surface area contributed by atoms with Crippen molar-refractivity contribution < 1.29 is 9.53 Å². The Bertz CT molecular complexity index is 942. The molecular weight excluding hydrogens is 330 g/mol. The monoisotopic (exact) mass is 345 g/mol. The molecule has 0 bridgehead atoms. The van der Waals surface area contributed by atoms with Crippen LogP contribution in [0.5, 0.6) is 5.75 Å². The van der Waals surface area contributed by atoms with E-state index in [-0.39, 0.29) is 11.6 Å². The molecule has 0 atom stereocenters. The normalized spacial score (nSPS) is 11.5. The van der Waals surface area contributed by atoms with Gasteiger partial charge in [0.15, 0.2) is 5.60 Å². The third-order valence-electron chi connectivity index (χ3n) is 3.51. The molecule has 7 heteroatoms. The van der Waals surface area contributed by atoms with Gasteiger partial charge in [-0.05, 0) is 56.3 Å². The molecule has 0 aliphatic carbocycles. The third-order valence-corrected chi connectivity index (χ3v) is 3.76. The molecule has 1 amide bonds. The number of ether oxygens (including phenoxy) is 1. The number of aromatic amines is 2. The standard InChI is InChI=1S/C17H16ClN3O3/c1-17(2,24-12-6-3-10(18)4-7-12)15(22)19-11-5-8-13-14(9-11)21-16(23)20-13/h3-9H,1-2H3,(H,19,22)(H2,20,21,23). The van der Waals surface area contributed by atoms with Crippen molar-refractivity contribution >= 4 is 34.2 Å². The minimum absolute atomic E-state index is 0.292. The molecule has 0 aliphatic rings. The number of halogens is 1. The average Bonchev–Trinajstić information content (AvgIpc) is 2.88. The zero-order valence-corrected chi connectivity index (χ0v) is 13.9. The molecule has 0 unspecified atom stereocenters. The molecule has 2 aromatic carbocycles. The number of carbonyl (C=O) groups excluding carboxylic acids is 1. The Morgan fingerprint density at radius 1 is 1.08 bits per heavy atom. The average molecular weight is 346 g/mol. The Labute approximate surface area is 142 Å². The van der Waals surface area contributed by atoms with Crippen LogP contribution in [0, 0.1) is 0 Å². The highest BCUT2D eigenvalue weighted by atomic mass is 35.5. The largest absolute Gasteiger partial charge is 0.478 e. The third kappa shape index (κ3) is 3.44. The van der Waals surface area contributed by atoms with E-state index in [2.05, 4.69) is 15.3 Å². The van der Waals surface area contributed by atoms with Crippen LogP contribution in [0.1, 0.15) is 13.8 Å². The highest BCUT2D eigenvalue weighted by Gasteiger charge is 2.30. The van der Waals surface area contributed by atoms with E-state index in [0.29, 0.717) is 27.5 Å². The van der Waals surface area contributed by atoms with Gasteiger partial charge >= 0.3 is 5.69 Å². The molecule has 124 valence electrons.